The first kappa shape index (κ1) is 10.7. The molecule has 12 heavy (non-hydrogen) atoms. The van der Waals surface area contributed by atoms with Crippen LogP contribution < -0.4 is 8.85 Å². The molecule has 0 spiro atoms. The molecule has 1 aliphatic heterocycles. The average molecular weight is 283 g/mol. The summed E-state index contributed by atoms with van der Waals surface area (Å²) in [7, 11) is 0. The van der Waals surface area contributed by atoms with Gasteiger partial charge in [-0.1, -0.05) is 0 Å². The SMILES string of the molecule is INCCCCN1CCNCC1. The van der Waals surface area contributed by atoms with E-state index in [4.69, 9.17) is 0 Å². The minimum atomic E-state index is 1.15. The van der Waals surface area contributed by atoms with Gasteiger partial charge in [-0.05, 0) is 19.4 Å². The molecule has 0 amide bonds. The molecule has 0 aromatic rings. The Labute approximate surface area is 88.8 Å². The molecule has 0 saturated carbocycles. The van der Waals surface area contributed by atoms with Gasteiger partial charge in [0.2, 0.25) is 0 Å². The normalized spacial score (nSPS) is 19.8. The van der Waals surface area contributed by atoms with Gasteiger partial charge in [-0.3, -0.25) is 3.53 Å². The van der Waals surface area contributed by atoms with Crippen LogP contribution in [0.3, 0.4) is 0 Å². The van der Waals surface area contributed by atoms with E-state index in [1.807, 2.05) is 0 Å². The van der Waals surface area contributed by atoms with Crippen molar-refractivity contribution in [1.29, 1.82) is 0 Å². The van der Waals surface area contributed by atoms with Crippen LogP contribution in [-0.4, -0.2) is 44.2 Å². The average Bonchev–Trinajstić information content (AvgIpc) is 2.14. The first-order chi connectivity index (χ1) is 5.93. The van der Waals surface area contributed by atoms with E-state index < -0.39 is 0 Å². The molecule has 1 rings (SSSR count). The highest BCUT2D eigenvalue weighted by Crippen LogP contribution is 1.96. The summed E-state index contributed by atoms with van der Waals surface area (Å²) in [4.78, 5) is 2.55. The van der Waals surface area contributed by atoms with E-state index in [9.17, 15) is 0 Å². The highest BCUT2D eigenvalue weighted by atomic mass is 127. The minimum absolute atomic E-state index is 1.15. The number of hydrogen-bond donors (Lipinski definition) is 2. The van der Waals surface area contributed by atoms with Crippen molar-refractivity contribution in [1.82, 2.24) is 13.7 Å². The van der Waals surface area contributed by atoms with Gasteiger partial charge < -0.3 is 10.2 Å². The van der Waals surface area contributed by atoms with Crippen molar-refractivity contribution in [3.63, 3.8) is 0 Å². The summed E-state index contributed by atoms with van der Waals surface area (Å²) in [5.41, 5.74) is 0. The Morgan fingerprint density at radius 3 is 2.67 bits per heavy atom. The van der Waals surface area contributed by atoms with E-state index in [2.05, 4.69) is 36.6 Å². The predicted octanol–water partition coefficient (Wildman–Crippen LogP) is 0.611. The maximum absolute atomic E-state index is 3.36. The van der Waals surface area contributed by atoms with Gasteiger partial charge in [-0.25, -0.2) is 0 Å². The molecule has 2 N–H and O–H groups in total. The van der Waals surface area contributed by atoms with Gasteiger partial charge in [-0.15, -0.1) is 0 Å². The van der Waals surface area contributed by atoms with Crippen molar-refractivity contribution in [2.75, 3.05) is 39.3 Å². The standard InChI is InChI=1S/C8H18IN3/c9-11-3-1-2-6-12-7-4-10-5-8-12/h10-11H,1-8H2. The zero-order chi connectivity index (χ0) is 8.65. The molecule has 1 aliphatic rings. The lowest BCUT2D eigenvalue weighted by atomic mass is 10.2. The molecule has 4 heteroatoms. The zero-order valence-corrected chi connectivity index (χ0v) is 9.64. The van der Waals surface area contributed by atoms with Crippen LogP contribution in [0.4, 0.5) is 0 Å². The molecule has 0 aromatic carbocycles. The molecular formula is C8H18IN3. The minimum Gasteiger partial charge on any atom is -0.314 e. The lowest BCUT2D eigenvalue weighted by Gasteiger charge is -2.26. The van der Waals surface area contributed by atoms with Gasteiger partial charge in [0, 0.05) is 55.6 Å². The molecule has 0 bridgehead atoms. The molecular weight excluding hydrogens is 265 g/mol. The van der Waals surface area contributed by atoms with Crippen LogP contribution in [0.5, 0.6) is 0 Å². The number of piperazine rings is 1. The summed E-state index contributed by atoms with van der Waals surface area (Å²) in [6.07, 6.45) is 2.63. The molecule has 0 unspecified atom stereocenters. The van der Waals surface area contributed by atoms with Crippen molar-refractivity contribution in [3.05, 3.63) is 0 Å². The fourth-order valence-corrected chi connectivity index (χ4v) is 1.84. The van der Waals surface area contributed by atoms with Crippen molar-refractivity contribution in [3.8, 4) is 0 Å². The van der Waals surface area contributed by atoms with Crippen molar-refractivity contribution in [2.24, 2.45) is 0 Å². The van der Waals surface area contributed by atoms with Crippen molar-refractivity contribution < 1.29 is 0 Å². The number of rotatable bonds is 5. The van der Waals surface area contributed by atoms with Gasteiger partial charge in [-0.2, -0.15) is 0 Å². The van der Waals surface area contributed by atoms with Crippen LogP contribution in [0.1, 0.15) is 12.8 Å². The molecule has 0 aliphatic carbocycles. The lowest BCUT2D eigenvalue weighted by molar-refractivity contribution is 0.237. The molecule has 0 aromatic heterocycles. The van der Waals surface area contributed by atoms with E-state index in [1.54, 1.807) is 0 Å². The summed E-state index contributed by atoms with van der Waals surface area (Å²) in [6, 6.07) is 0. The van der Waals surface area contributed by atoms with Crippen LogP contribution in [-0.2, 0) is 0 Å². The van der Waals surface area contributed by atoms with Crippen LogP contribution in [0.15, 0.2) is 0 Å². The van der Waals surface area contributed by atoms with Gasteiger partial charge in [0.05, 0.1) is 0 Å². The molecule has 3 nitrogen and oxygen atoms in total. The maximum Gasteiger partial charge on any atom is 0.0169 e. The topological polar surface area (TPSA) is 27.3 Å². The van der Waals surface area contributed by atoms with E-state index >= 15 is 0 Å². The van der Waals surface area contributed by atoms with Crippen LogP contribution >= 0.6 is 22.9 Å². The number of hydrogen-bond acceptors (Lipinski definition) is 3. The molecule has 1 fully saturated rings. The molecule has 0 atom stereocenters. The fourth-order valence-electron chi connectivity index (χ4n) is 1.46. The molecule has 0 radical (unpaired) electrons. The van der Waals surface area contributed by atoms with E-state index in [-0.39, 0.29) is 0 Å². The third-order valence-electron chi connectivity index (χ3n) is 2.21. The zero-order valence-electron chi connectivity index (χ0n) is 7.48. The summed E-state index contributed by atoms with van der Waals surface area (Å²) in [5, 5.41) is 3.36. The van der Waals surface area contributed by atoms with Gasteiger partial charge in [0.1, 0.15) is 0 Å². The van der Waals surface area contributed by atoms with Crippen molar-refractivity contribution >= 4 is 22.9 Å². The Morgan fingerprint density at radius 2 is 2.00 bits per heavy atom. The first-order valence-electron chi connectivity index (χ1n) is 4.70. The van der Waals surface area contributed by atoms with E-state index in [1.165, 1.54) is 45.6 Å². The Bertz CT molecular complexity index is 104. The van der Waals surface area contributed by atoms with Crippen LogP contribution in [0.25, 0.3) is 0 Å². The fraction of sp³-hybridized carbons (Fsp3) is 1.00. The molecule has 72 valence electrons. The molecule has 1 saturated heterocycles. The Hall–Kier alpha value is 0.610. The largest absolute Gasteiger partial charge is 0.314 e. The lowest BCUT2D eigenvalue weighted by Crippen LogP contribution is -2.43. The molecule has 1 heterocycles. The number of nitrogens with zero attached hydrogens (tertiary/aromatic N) is 1. The second-order valence-corrected chi connectivity index (χ2v) is 3.95. The highest BCUT2D eigenvalue weighted by molar-refractivity contribution is 14.1. The van der Waals surface area contributed by atoms with Crippen LogP contribution in [0.2, 0.25) is 0 Å². The highest BCUT2D eigenvalue weighted by Gasteiger charge is 2.07. The van der Waals surface area contributed by atoms with Gasteiger partial charge in [0.25, 0.3) is 0 Å². The summed E-state index contributed by atoms with van der Waals surface area (Å²) in [5.74, 6) is 0. The maximum atomic E-state index is 3.36. The van der Waals surface area contributed by atoms with Crippen LogP contribution in [0, 0.1) is 0 Å². The summed E-state index contributed by atoms with van der Waals surface area (Å²) in [6.45, 7) is 7.23. The second-order valence-electron chi connectivity index (χ2n) is 3.18. The first-order valence-corrected chi connectivity index (χ1v) is 5.78. The Morgan fingerprint density at radius 1 is 1.25 bits per heavy atom. The Balaban J connectivity index is 1.91. The number of nitrogens with one attached hydrogen (secondary N) is 2. The predicted molar refractivity (Wildman–Crippen MR) is 60.6 cm³/mol. The van der Waals surface area contributed by atoms with Gasteiger partial charge in [0.15, 0.2) is 0 Å². The monoisotopic (exact) mass is 283 g/mol. The Kier molecular flexibility index (Phi) is 6.29. The van der Waals surface area contributed by atoms with E-state index in [0.29, 0.717) is 0 Å². The quantitative estimate of drug-likeness (QED) is 0.440. The smallest absolute Gasteiger partial charge is 0.0169 e. The summed E-state index contributed by atoms with van der Waals surface area (Å²) < 4.78 is 3.14. The summed E-state index contributed by atoms with van der Waals surface area (Å²) >= 11 is 2.21. The number of unbranched alkanes of at least 4 members (excludes halogenated alkanes) is 1. The van der Waals surface area contributed by atoms with E-state index in [0.717, 1.165) is 6.54 Å². The second kappa shape index (κ2) is 7.06. The van der Waals surface area contributed by atoms with Crippen molar-refractivity contribution in [2.45, 2.75) is 12.8 Å². The third kappa shape index (κ3) is 4.59. The number of halogens is 1. The van der Waals surface area contributed by atoms with Gasteiger partial charge >= 0.3 is 0 Å². The third-order valence-corrected chi connectivity index (χ3v) is 2.74.